The summed E-state index contributed by atoms with van der Waals surface area (Å²) in [7, 11) is 0. The molecule has 21 heavy (non-hydrogen) atoms. The van der Waals surface area contributed by atoms with Crippen LogP contribution in [0.5, 0.6) is 0 Å². The van der Waals surface area contributed by atoms with Crippen LogP contribution >= 0.6 is 0 Å². The van der Waals surface area contributed by atoms with E-state index in [0.29, 0.717) is 0 Å². The highest BCUT2D eigenvalue weighted by atomic mass is 14.3. The third-order valence-electron chi connectivity index (χ3n) is 4.61. The Morgan fingerprint density at radius 1 is 0.619 bits per heavy atom. The van der Waals surface area contributed by atoms with Crippen LogP contribution in [0.1, 0.15) is 63.8 Å². The Kier molecular flexibility index (Phi) is 3.06. The quantitative estimate of drug-likeness (QED) is 0.483. The van der Waals surface area contributed by atoms with Crippen molar-refractivity contribution < 1.29 is 0 Å². The van der Waals surface area contributed by atoms with Gasteiger partial charge in [-0.2, -0.15) is 0 Å². The predicted molar refractivity (Wildman–Crippen MR) is 92.1 cm³/mol. The molecule has 0 spiro atoms. The summed E-state index contributed by atoms with van der Waals surface area (Å²) < 4.78 is 0. The second kappa shape index (κ2) is 4.47. The van der Waals surface area contributed by atoms with Gasteiger partial charge in [-0.05, 0) is 50.6 Å². The lowest BCUT2D eigenvalue weighted by molar-refractivity contribution is 0.580. The van der Waals surface area contributed by atoms with Crippen LogP contribution in [0.3, 0.4) is 0 Å². The van der Waals surface area contributed by atoms with Gasteiger partial charge in [0.1, 0.15) is 0 Å². The van der Waals surface area contributed by atoms with Crippen molar-refractivity contribution in [2.24, 2.45) is 0 Å². The van der Waals surface area contributed by atoms with Crippen LogP contribution in [-0.4, -0.2) is 0 Å². The first-order valence-corrected chi connectivity index (χ1v) is 7.95. The molecule has 0 aliphatic heterocycles. The van der Waals surface area contributed by atoms with Gasteiger partial charge in [0, 0.05) is 0 Å². The van der Waals surface area contributed by atoms with E-state index < -0.39 is 0 Å². The summed E-state index contributed by atoms with van der Waals surface area (Å²) in [6, 6.07) is 13.6. The molecule has 0 nitrogen and oxygen atoms in total. The first kappa shape index (κ1) is 14.4. The molecular formula is C21H26. The van der Waals surface area contributed by atoms with E-state index in [0.717, 1.165) is 6.42 Å². The standard InChI is InChI=1S/C21H26/c1-20(2,3)18-11-7-9-14-15-10-8-12-19(21(4,5)6)17(15)13-16(14)18/h7-12H,13H2,1-6H3. The highest BCUT2D eigenvalue weighted by molar-refractivity contribution is 5.79. The van der Waals surface area contributed by atoms with E-state index in [1.54, 1.807) is 0 Å². The van der Waals surface area contributed by atoms with Crippen molar-refractivity contribution in [3.05, 3.63) is 58.7 Å². The number of hydrogen-bond acceptors (Lipinski definition) is 0. The Labute approximate surface area is 129 Å². The van der Waals surface area contributed by atoms with Gasteiger partial charge in [-0.1, -0.05) is 77.9 Å². The molecule has 0 heterocycles. The Balaban J connectivity index is 2.23. The van der Waals surface area contributed by atoms with Crippen molar-refractivity contribution in [1.29, 1.82) is 0 Å². The van der Waals surface area contributed by atoms with E-state index in [4.69, 9.17) is 0 Å². The average Bonchev–Trinajstić information content (AvgIpc) is 2.74. The Hall–Kier alpha value is -1.56. The van der Waals surface area contributed by atoms with E-state index in [-0.39, 0.29) is 10.8 Å². The van der Waals surface area contributed by atoms with Crippen LogP contribution in [0.4, 0.5) is 0 Å². The minimum absolute atomic E-state index is 0.204. The number of benzene rings is 2. The largest absolute Gasteiger partial charge is 0.0613 e. The topological polar surface area (TPSA) is 0 Å². The molecule has 2 aromatic carbocycles. The van der Waals surface area contributed by atoms with Crippen molar-refractivity contribution in [2.45, 2.75) is 58.8 Å². The van der Waals surface area contributed by atoms with Gasteiger partial charge in [0.05, 0.1) is 0 Å². The third-order valence-corrected chi connectivity index (χ3v) is 4.61. The number of fused-ring (bicyclic) bond motifs is 3. The van der Waals surface area contributed by atoms with Crippen LogP contribution in [0.2, 0.25) is 0 Å². The summed E-state index contributed by atoms with van der Waals surface area (Å²) >= 11 is 0. The second-order valence-corrected chi connectivity index (χ2v) is 8.34. The highest BCUT2D eigenvalue weighted by Gasteiger charge is 2.29. The molecule has 110 valence electrons. The van der Waals surface area contributed by atoms with Crippen molar-refractivity contribution in [3.63, 3.8) is 0 Å². The zero-order chi connectivity index (χ0) is 15.4. The van der Waals surface area contributed by atoms with Gasteiger partial charge in [0.15, 0.2) is 0 Å². The lowest BCUT2D eigenvalue weighted by atomic mass is 9.81. The van der Waals surface area contributed by atoms with Crippen LogP contribution < -0.4 is 0 Å². The molecule has 2 aromatic rings. The average molecular weight is 278 g/mol. The van der Waals surface area contributed by atoms with Crippen LogP contribution in [0.15, 0.2) is 36.4 Å². The van der Waals surface area contributed by atoms with E-state index in [1.165, 1.54) is 33.4 Å². The van der Waals surface area contributed by atoms with Gasteiger partial charge in [-0.3, -0.25) is 0 Å². The molecule has 0 radical (unpaired) electrons. The maximum absolute atomic E-state index is 2.32. The highest BCUT2D eigenvalue weighted by Crippen LogP contribution is 2.44. The second-order valence-electron chi connectivity index (χ2n) is 8.34. The van der Waals surface area contributed by atoms with Gasteiger partial charge >= 0.3 is 0 Å². The fourth-order valence-corrected chi connectivity index (χ4v) is 3.64. The molecule has 0 saturated carbocycles. The van der Waals surface area contributed by atoms with E-state index >= 15 is 0 Å². The minimum atomic E-state index is 0.204. The van der Waals surface area contributed by atoms with E-state index in [9.17, 15) is 0 Å². The lowest BCUT2D eigenvalue weighted by Gasteiger charge is -2.23. The van der Waals surface area contributed by atoms with Crippen molar-refractivity contribution in [2.75, 3.05) is 0 Å². The summed E-state index contributed by atoms with van der Waals surface area (Å²) in [6.45, 7) is 13.9. The molecule has 1 aliphatic rings. The summed E-state index contributed by atoms with van der Waals surface area (Å²) in [5, 5.41) is 0. The number of hydrogen-bond donors (Lipinski definition) is 0. The van der Waals surface area contributed by atoms with Gasteiger partial charge in [-0.25, -0.2) is 0 Å². The molecule has 0 aromatic heterocycles. The zero-order valence-corrected chi connectivity index (χ0v) is 14.2. The van der Waals surface area contributed by atoms with Crippen molar-refractivity contribution in [1.82, 2.24) is 0 Å². The summed E-state index contributed by atoms with van der Waals surface area (Å²) in [5.74, 6) is 0. The fourth-order valence-electron chi connectivity index (χ4n) is 3.64. The molecular weight excluding hydrogens is 252 g/mol. The number of rotatable bonds is 0. The lowest BCUT2D eigenvalue weighted by Crippen LogP contribution is -2.15. The third kappa shape index (κ3) is 2.31. The van der Waals surface area contributed by atoms with Crippen LogP contribution in [-0.2, 0) is 17.3 Å². The molecule has 0 amide bonds. The SMILES string of the molecule is CC(C)(C)c1cccc2c1Cc1c-2cccc1C(C)(C)C. The fraction of sp³-hybridized carbons (Fsp3) is 0.429. The predicted octanol–water partition coefficient (Wildman–Crippen LogP) is 5.85. The monoisotopic (exact) mass is 278 g/mol. The van der Waals surface area contributed by atoms with Crippen LogP contribution in [0, 0.1) is 0 Å². The van der Waals surface area contributed by atoms with E-state index in [1.807, 2.05) is 0 Å². The molecule has 0 bridgehead atoms. The molecule has 0 N–H and O–H groups in total. The van der Waals surface area contributed by atoms with Crippen LogP contribution in [0.25, 0.3) is 11.1 Å². The first-order valence-electron chi connectivity index (χ1n) is 7.95. The smallest absolute Gasteiger partial charge is 0.000756 e. The molecule has 0 saturated heterocycles. The zero-order valence-electron chi connectivity index (χ0n) is 14.2. The molecule has 0 heteroatoms. The molecule has 1 aliphatic carbocycles. The maximum atomic E-state index is 2.32. The van der Waals surface area contributed by atoms with Crippen molar-refractivity contribution >= 4 is 0 Å². The summed E-state index contributed by atoms with van der Waals surface area (Å²) in [5.41, 5.74) is 9.37. The maximum Gasteiger partial charge on any atom is -0.000756 e. The summed E-state index contributed by atoms with van der Waals surface area (Å²) in [4.78, 5) is 0. The van der Waals surface area contributed by atoms with Crippen molar-refractivity contribution in [3.8, 4) is 11.1 Å². The van der Waals surface area contributed by atoms with Gasteiger partial charge in [0.25, 0.3) is 0 Å². The molecule has 0 unspecified atom stereocenters. The molecule has 3 rings (SSSR count). The minimum Gasteiger partial charge on any atom is -0.0613 e. The Morgan fingerprint density at radius 3 is 1.33 bits per heavy atom. The van der Waals surface area contributed by atoms with Gasteiger partial charge < -0.3 is 0 Å². The van der Waals surface area contributed by atoms with Gasteiger partial charge in [0.2, 0.25) is 0 Å². The summed E-state index contributed by atoms with van der Waals surface area (Å²) in [6.07, 6.45) is 1.09. The normalized spacial score (nSPS) is 14.0. The Bertz CT molecular complexity index is 629. The van der Waals surface area contributed by atoms with Gasteiger partial charge in [-0.15, -0.1) is 0 Å². The molecule has 0 atom stereocenters. The first-order chi connectivity index (χ1) is 9.69. The van der Waals surface area contributed by atoms with E-state index in [2.05, 4.69) is 77.9 Å². The Morgan fingerprint density at radius 2 is 1.00 bits per heavy atom. The molecule has 0 fully saturated rings.